The minimum absolute atomic E-state index is 0.0874. The Balaban J connectivity index is 1.61. The van der Waals surface area contributed by atoms with Crippen LogP contribution in [0, 0.1) is 0 Å². The van der Waals surface area contributed by atoms with E-state index in [1.807, 2.05) is 24.3 Å². The molecular weight excluding hydrogens is 292 g/mol. The van der Waals surface area contributed by atoms with Crippen molar-refractivity contribution in [1.29, 1.82) is 0 Å². The molecule has 0 aliphatic heterocycles. The summed E-state index contributed by atoms with van der Waals surface area (Å²) in [4.78, 5) is 4.68. The third-order valence-electron chi connectivity index (χ3n) is 3.75. The summed E-state index contributed by atoms with van der Waals surface area (Å²) in [5.41, 5.74) is 3.23. The van der Waals surface area contributed by atoms with Gasteiger partial charge in [0.1, 0.15) is 0 Å². The van der Waals surface area contributed by atoms with E-state index in [0.717, 1.165) is 34.6 Å². The number of benzene rings is 2. The Labute approximate surface area is 134 Å². The van der Waals surface area contributed by atoms with Crippen LogP contribution in [0.15, 0.2) is 48.5 Å². The molecule has 0 radical (unpaired) electrons. The Morgan fingerprint density at radius 1 is 1.09 bits per heavy atom. The van der Waals surface area contributed by atoms with Gasteiger partial charge in [-0.05, 0) is 30.2 Å². The van der Waals surface area contributed by atoms with Gasteiger partial charge in [0.2, 0.25) is 0 Å². The molecule has 114 valence electrons. The molecule has 0 saturated carbocycles. The fraction of sp³-hybridized carbons (Fsp3) is 0.278. The molecule has 0 amide bonds. The van der Waals surface area contributed by atoms with Gasteiger partial charge in [0.05, 0.1) is 21.8 Å². The van der Waals surface area contributed by atoms with Crippen LogP contribution < -0.4 is 5.32 Å². The number of nitrogens with one attached hydrogen (secondary N) is 1. The summed E-state index contributed by atoms with van der Waals surface area (Å²) in [6, 6.07) is 16.6. The van der Waals surface area contributed by atoms with Gasteiger partial charge in [0.25, 0.3) is 0 Å². The van der Waals surface area contributed by atoms with Crippen molar-refractivity contribution in [2.45, 2.75) is 32.5 Å². The largest absolute Gasteiger partial charge is 0.392 e. The van der Waals surface area contributed by atoms with Crippen LogP contribution in [0.5, 0.6) is 0 Å². The highest BCUT2D eigenvalue weighted by Crippen LogP contribution is 2.22. The maximum absolute atomic E-state index is 9.36. The maximum Gasteiger partial charge on any atom is 0.0954 e. The van der Waals surface area contributed by atoms with Crippen LogP contribution in [0.2, 0.25) is 0 Å². The van der Waals surface area contributed by atoms with Crippen molar-refractivity contribution in [3.8, 4) is 0 Å². The van der Waals surface area contributed by atoms with E-state index in [0.29, 0.717) is 6.04 Å². The van der Waals surface area contributed by atoms with Crippen molar-refractivity contribution in [3.63, 3.8) is 0 Å². The normalized spacial score (nSPS) is 12.6. The molecular formula is C18H20N2OS. The number of rotatable bonds is 6. The Kier molecular flexibility index (Phi) is 4.83. The second-order valence-electron chi connectivity index (χ2n) is 5.49. The second kappa shape index (κ2) is 7.01. The van der Waals surface area contributed by atoms with Crippen molar-refractivity contribution in [2.75, 3.05) is 0 Å². The van der Waals surface area contributed by atoms with Crippen molar-refractivity contribution >= 4 is 21.6 Å². The molecule has 2 aromatic carbocycles. The molecule has 1 heterocycles. The van der Waals surface area contributed by atoms with E-state index in [-0.39, 0.29) is 6.61 Å². The lowest BCUT2D eigenvalue weighted by Crippen LogP contribution is -2.27. The molecule has 22 heavy (non-hydrogen) atoms. The van der Waals surface area contributed by atoms with Gasteiger partial charge in [-0.1, -0.05) is 36.4 Å². The smallest absolute Gasteiger partial charge is 0.0954 e. The van der Waals surface area contributed by atoms with Gasteiger partial charge in [-0.3, -0.25) is 0 Å². The number of hydrogen-bond acceptors (Lipinski definition) is 4. The minimum Gasteiger partial charge on any atom is -0.392 e. The standard InChI is InChI=1S/C18H20N2OS/c1-13(19-11-14-6-2-3-7-15(14)12-21)10-18-20-16-8-4-5-9-17(16)22-18/h2-9,13,19,21H,10-12H2,1H3. The quantitative estimate of drug-likeness (QED) is 0.732. The topological polar surface area (TPSA) is 45.2 Å². The predicted molar refractivity (Wildman–Crippen MR) is 92.0 cm³/mol. The van der Waals surface area contributed by atoms with Gasteiger partial charge in [0.15, 0.2) is 0 Å². The number of hydrogen-bond donors (Lipinski definition) is 2. The van der Waals surface area contributed by atoms with E-state index in [4.69, 9.17) is 0 Å². The molecule has 3 nitrogen and oxygen atoms in total. The molecule has 0 saturated heterocycles. The first-order valence-electron chi connectivity index (χ1n) is 7.51. The Morgan fingerprint density at radius 2 is 1.82 bits per heavy atom. The molecule has 0 aliphatic rings. The highest BCUT2D eigenvalue weighted by molar-refractivity contribution is 7.18. The van der Waals surface area contributed by atoms with Crippen molar-refractivity contribution in [3.05, 3.63) is 64.7 Å². The van der Waals surface area contributed by atoms with Gasteiger partial charge >= 0.3 is 0 Å². The van der Waals surface area contributed by atoms with E-state index >= 15 is 0 Å². The number of thiazole rings is 1. The van der Waals surface area contributed by atoms with E-state index in [2.05, 4.69) is 41.5 Å². The van der Waals surface area contributed by atoms with Crippen LogP contribution in [0.4, 0.5) is 0 Å². The predicted octanol–water partition coefficient (Wildman–Crippen LogP) is 3.51. The van der Waals surface area contributed by atoms with E-state index in [9.17, 15) is 5.11 Å². The average Bonchev–Trinajstić information content (AvgIpc) is 2.95. The van der Waals surface area contributed by atoms with Crippen molar-refractivity contribution in [1.82, 2.24) is 10.3 Å². The van der Waals surface area contributed by atoms with Crippen LogP contribution >= 0.6 is 11.3 Å². The molecule has 1 atom stereocenters. The Morgan fingerprint density at radius 3 is 2.59 bits per heavy atom. The zero-order valence-corrected chi connectivity index (χ0v) is 13.4. The summed E-state index contributed by atoms with van der Waals surface area (Å²) in [6.07, 6.45) is 0.917. The van der Waals surface area contributed by atoms with Crippen LogP contribution in [-0.4, -0.2) is 16.1 Å². The molecule has 0 aliphatic carbocycles. The fourth-order valence-electron chi connectivity index (χ4n) is 2.51. The Bertz CT molecular complexity index is 720. The third kappa shape index (κ3) is 3.53. The fourth-order valence-corrected chi connectivity index (χ4v) is 3.61. The lowest BCUT2D eigenvalue weighted by atomic mass is 10.1. The number of para-hydroxylation sites is 1. The molecule has 0 fully saturated rings. The van der Waals surface area contributed by atoms with Gasteiger partial charge in [-0.25, -0.2) is 4.98 Å². The van der Waals surface area contributed by atoms with Crippen LogP contribution in [0.1, 0.15) is 23.1 Å². The third-order valence-corrected chi connectivity index (χ3v) is 4.81. The molecule has 1 unspecified atom stereocenters. The zero-order chi connectivity index (χ0) is 15.4. The first-order valence-corrected chi connectivity index (χ1v) is 8.33. The lowest BCUT2D eigenvalue weighted by Gasteiger charge is -2.14. The molecule has 3 aromatic rings. The number of fused-ring (bicyclic) bond motifs is 1. The SMILES string of the molecule is CC(Cc1nc2ccccc2s1)NCc1ccccc1CO. The van der Waals surface area contributed by atoms with Gasteiger partial charge in [-0.15, -0.1) is 11.3 Å². The zero-order valence-electron chi connectivity index (χ0n) is 12.6. The second-order valence-corrected chi connectivity index (χ2v) is 6.60. The molecule has 1 aromatic heterocycles. The van der Waals surface area contributed by atoms with E-state index in [1.165, 1.54) is 4.70 Å². The summed E-state index contributed by atoms with van der Waals surface area (Å²) in [5, 5.41) is 14.0. The molecule has 0 bridgehead atoms. The molecule has 4 heteroatoms. The summed E-state index contributed by atoms with van der Waals surface area (Å²) in [7, 11) is 0. The van der Waals surface area contributed by atoms with Gasteiger partial charge in [0, 0.05) is 19.0 Å². The van der Waals surface area contributed by atoms with Crippen molar-refractivity contribution < 1.29 is 5.11 Å². The van der Waals surface area contributed by atoms with Gasteiger partial charge in [-0.2, -0.15) is 0 Å². The average molecular weight is 312 g/mol. The van der Waals surface area contributed by atoms with Crippen LogP contribution in [-0.2, 0) is 19.6 Å². The lowest BCUT2D eigenvalue weighted by molar-refractivity contribution is 0.280. The monoisotopic (exact) mass is 312 g/mol. The summed E-state index contributed by atoms with van der Waals surface area (Å²) in [6.45, 7) is 3.03. The minimum atomic E-state index is 0.0874. The number of aliphatic hydroxyl groups excluding tert-OH is 1. The van der Waals surface area contributed by atoms with E-state index < -0.39 is 0 Å². The first kappa shape index (κ1) is 15.2. The molecule has 3 rings (SSSR count). The van der Waals surface area contributed by atoms with Crippen molar-refractivity contribution in [2.24, 2.45) is 0 Å². The number of aromatic nitrogens is 1. The van der Waals surface area contributed by atoms with E-state index in [1.54, 1.807) is 11.3 Å². The van der Waals surface area contributed by atoms with Gasteiger partial charge < -0.3 is 10.4 Å². The highest BCUT2D eigenvalue weighted by atomic mass is 32.1. The summed E-state index contributed by atoms with van der Waals surface area (Å²) >= 11 is 1.76. The Hall–Kier alpha value is -1.75. The number of nitrogens with zero attached hydrogens (tertiary/aromatic N) is 1. The number of aliphatic hydroxyl groups is 1. The first-order chi connectivity index (χ1) is 10.8. The molecule has 2 N–H and O–H groups in total. The highest BCUT2D eigenvalue weighted by Gasteiger charge is 2.09. The summed E-state index contributed by atoms with van der Waals surface area (Å²) in [5.74, 6) is 0. The summed E-state index contributed by atoms with van der Waals surface area (Å²) < 4.78 is 1.25. The molecule has 0 spiro atoms. The van der Waals surface area contributed by atoms with Crippen LogP contribution in [0.3, 0.4) is 0 Å². The maximum atomic E-state index is 9.36. The van der Waals surface area contributed by atoms with Crippen LogP contribution in [0.25, 0.3) is 10.2 Å².